The van der Waals surface area contributed by atoms with E-state index < -0.39 is 6.48 Å². The maximum absolute atomic E-state index is 5.25. The van der Waals surface area contributed by atoms with E-state index in [1.54, 1.807) is 7.11 Å². The zero-order valence-electron chi connectivity index (χ0n) is 7.21. The second kappa shape index (κ2) is 4.70. The van der Waals surface area contributed by atoms with E-state index in [-0.39, 0.29) is 0 Å². The van der Waals surface area contributed by atoms with Gasteiger partial charge in [-0.1, -0.05) is 13.3 Å². The van der Waals surface area contributed by atoms with Crippen molar-refractivity contribution in [3.63, 3.8) is 0 Å². The van der Waals surface area contributed by atoms with Gasteiger partial charge in [0.05, 0.1) is 13.2 Å². The zero-order chi connectivity index (χ0) is 8.10. The molecule has 1 rings (SSSR count). The summed E-state index contributed by atoms with van der Waals surface area (Å²) >= 11 is 0. The Labute approximate surface area is 67.6 Å². The third-order valence-electron chi connectivity index (χ3n) is 1.83. The first-order valence-electron chi connectivity index (χ1n) is 4.12. The summed E-state index contributed by atoms with van der Waals surface area (Å²) in [5.41, 5.74) is 0. The average Bonchev–Trinajstić information content (AvgIpc) is 2.07. The summed E-state index contributed by atoms with van der Waals surface area (Å²) in [5, 5.41) is 0. The van der Waals surface area contributed by atoms with Gasteiger partial charge in [0.2, 0.25) is 0 Å². The van der Waals surface area contributed by atoms with Crippen molar-refractivity contribution in [1.82, 2.24) is 0 Å². The summed E-state index contributed by atoms with van der Waals surface area (Å²) in [6.07, 6.45) is 2.37. The first kappa shape index (κ1) is 8.97. The van der Waals surface area contributed by atoms with Crippen molar-refractivity contribution < 1.29 is 14.2 Å². The van der Waals surface area contributed by atoms with Crippen LogP contribution in [-0.4, -0.2) is 26.8 Å². The fourth-order valence-corrected chi connectivity index (χ4v) is 1.24. The van der Waals surface area contributed by atoms with E-state index in [1.165, 1.54) is 12.8 Å². The maximum Gasteiger partial charge on any atom is 0.271 e. The Kier molecular flexibility index (Phi) is 3.83. The van der Waals surface area contributed by atoms with Gasteiger partial charge in [0, 0.05) is 13.0 Å². The Hall–Kier alpha value is -0.120. The van der Waals surface area contributed by atoms with Gasteiger partial charge in [0.15, 0.2) is 0 Å². The molecule has 0 aromatic heterocycles. The van der Waals surface area contributed by atoms with E-state index in [1.807, 2.05) is 0 Å². The second-order valence-electron chi connectivity index (χ2n) is 2.85. The third kappa shape index (κ3) is 2.77. The fourth-order valence-electron chi connectivity index (χ4n) is 1.24. The highest BCUT2D eigenvalue weighted by Crippen LogP contribution is 2.15. The number of rotatable bonds is 3. The quantitative estimate of drug-likeness (QED) is 0.624. The lowest BCUT2D eigenvalue weighted by Crippen LogP contribution is -2.32. The Morgan fingerprint density at radius 3 is 2.45 bits per heavy atom. The van der Waals surface area contributed by atoms with Crippen molar-refractivity contribution in [2.45, 2.75) is 26.2 Å². The predicted molar refractivity (Wildman–Crippen MR) is 41.1 cm³/mol. The first-order chi connectivity index (χ1) is 5.36. The predicted octanol–water partition coefficient (Wildman–Crippen LogP) is 1.38. The number of hydrogen-bond donors (Lipinski definition) is 0. The lowest BCUT2D eigenvalue weighted by molar-refractivity contribution is -0.313. The van der Waals surface area contributed by atoms with Gasteiger partial charge in [-0.15, -0.1) is 0 Å². The molecule has 0 aromatic carbocycles. The molecule has 11 heavy (non-hydrogen) atoms. The molecule has 1 aliphatic rings. The van der Waals surface area contributed by atoms with E-state index in [0.717, 1.165) is 13.2 Å². The van der Waals surface area contributed by atoms with Crippen molar-refractivity contribution >= 4 is 0 Å². The summed E-state index contributed by atoms with van der Waals surface area (Å²) in [5.74, 6) is 0.561. The minimum absolute atomic E-state index is 0.428. The maximum atomic E-state index is 5.25. The van der Waals surface area contributed by atoms with Gasteiger partial charge in [-0.25, -0.2) is 0 Å². The van der Waals surface area contributed by atoms with Gasteiger partial charge >= 0.3 is 0 Å². The van der Waals surface area contributed by atoms with Gasteiger partial charge in [-0.05, 0) is 6.42 Å². The van der Waals surface area contributed by atoms with Crippen molar-refractivity contribution in [1.29, 1.82) is 0 Å². The second-order valence-corrected chi connectivity index (χ2v) is 2.85. The van der Waals surface area contributed by atoms with E-state index in [4.69, 9.17) is 14.2 Å². The Balaban J connectivity index is 2.14. The molecule has 1 aliphatic heterocycles. The Bertz CT molecular complexity index is 97.5. The van der Waals surface area contributed by atoms with E-state index in [9.17, 15) is 0 Å². The Morgan fingerprint density at radius 1 is 1.36 bits per heavy atom. The van der Waals surface area contributed by atoms with Crippen LogP contribution in [0.5, 0.6) is 0 Å². The molecule has 1 saturated heterocycles. The van der Waals surface area contributed by atoms with Gasteiger partial charge in [0.1, 0.15) is 0 Å². The molecule has 0 N–H and O–H groups in total. The fraction of sp³-hybridized carbons (Fsp3) is 1.00. The van der Waals surface area contributed by atoms with Gasteiger partial charge in [-0.2, -0.15) is 0 Å². The van der Waals surface area contributed by atoms with Crippen LogP contribution in [0, 0.1) is 5.92 Å². The lowest BCUT2D eigenvalue weighted by atomic mass is 10.1. The van der Waals surface area contributed by atoms with Crippen molar-refractivity contribution in [3.8, 4) is 0 Å². The van der Waals surface area contributed by atoms with Crippen LogP contribution in [0.25, 0.3) is 0 Å². The van der Waals surface area contributed by atoms with Crippen LogP contribution in [0.4, 0.5) is 0 Å². The number of ether oxygens (including phenoxy) is 3. The average molecular weight is 160 g/mol. The molecule has 3 heteroatoms. The SMILES string of the molecule is CCCC1COC(OC)OC1. The van der Waals surface area contributed by atoms with Crippen LogP contribution in [0.1, 0.15) is 19.8 Å². The topological polar surface area (TPSA) is 27.7 Å². The lowest BCUT2D eigenvalue weighted by Gasteiger charge is -2.27. The molecule has 3 nitrogen and oxygen atoms in total. The summed E-state index contributed by atoms with van der Waals surface area (Å²) in [6, 6.07) is 0. The molecule has 0 radical (unpaired) electrons. The molecule has 0 bridgehead atoms. The van der Waals surface area contributed by atoms with Crippen molar-refractivity contribution in [2.24, 2.45) is 5.92 Å². The van der Waals surface area contributed by atoms with Crippen LogP contribution < -0.4 is 0 Å². The molecule has 0 spiro atoms. The molecule has 0 unspecified atom stereocenters. The summed E-state index contributed by atoms with van der Waals surface area (Å²) in [7, 11) is 1.59. The molecule has 1 fully saturated rings. The van der Waals surface area contributed by atoms with Gasteiger partial charge in [0.25, 0.3) is 6.48 Å². The molecule has 66 valence electrons. The van der Waals surface area contributed by atoms with Crippen molar-refractivity contribution in [3.05, 3.63) is 0 Å². The van der Waals surface area contributed by atoms with Crippen LogP contribution in [0.3, 0.4) is 0 Å². The normalized spacial score (nSPS) is 32.2. The minimum Gasteiger partial charge on any atom is -0.333 e. The summed E-state index contributed by atoms with van der Waals surface area (Å²) < 4.78 is 15.4. The molecule has 0 atom stereocenters. The molecule has 1 heterocycles. The van der Waals surface area contributed by atoms with Gasteiger partial charge < -0.3 is 14.2 Å². The summed E-state index contributed by atoms with van der Waals surface area (Å²) in [4.78, 5) is 0. The van der Waals surface area contributed by atoms with Gasteiger partial charge in [-0.3, -0.25) is 0 Å². The minimum atomic E-state index is -0.428. The number of hydrogen-bond acceptors (Lipinski definition) is 3. The van der Waals surface area contributed by atoms with Crippen molar-refractivity contribution in [2.75, 3.05) is 20.3 Å². The summed E-state index contributed by atoms with van der Waals surface area (Å²) in [6.45, 7) is 3.28. The molecular weight excluding hydrogens is 144 g/mol. The monoisotopic (exact) mass is 160 g/mol. The molecule has 0 aliphatic carbocycles. The van der Waals surface area contributed by atoms with Crippen LogP contribution in [0.2, 0.25) is 0 Å². The molecule has 0 amide bonds. The highest BCUT2D eigenvalue weighted by molar-refractivity contribution is 4.59. The first-order valence-corrected chi connectivity index (χ1v) is 4.12. The van der Waals surface area contributed by atoms with E-state index in [2.05, 4.69) is 6.92 Å². The smallest absolute Gasteiger partial charge is 0.271 e. The van der Waals surface area contributed by atoms with Crippen LogP contribution in [0.15, 0.2) is 0 Å². The highest BCUT2D eigenvalue weighted by Gasteiger charge is 2.20. The third-order valence-corrected chi connectivity index (χ3v) is 1.83. The van der Waals surface area contributed by atoms with Crippen LogP contribution >= 0.6 is 0 Å². The highest BCUT2D eigenvalue weighted by atomic mass is 16.8. The van der Waals surface area contributed by atoms with Crippen LogP contribution in [-0.2, 0) is 14.2 Å². The van der Waals surface area contributed by atoms with E-state index in [0.29, 0.717) is 5.92 Å². The standard InChI is InChI=1S/C8H16O3/c1-3-4-7-5-10-8(9-2)11-6-7/h7-8H,3-6H2,1-2H3. The Morgan fingerprint density at radius 2 is 2.00 bits per heavy atom. The molecular formula is C8H16O3. The molecule has 0 saturated carbocycles. The molecule has 0 aromatic rings. The number of methoxy groups -OCH3 is 1. The largest absolute Gasteiger partial charge is 0.333 e. The van der Waals surface area contributed by atoms with E-state index >= 15 is 0 Å². The zero-order valence-corrected chi connectivity index (χ0v) is 7.21.